The van der Waals surface area contributed by atoms with E-state index >= 15 is 0 Å². The van der Waals surface area contributed by atoms with Gasteiger partial charge in [-0.25, -0.2) is 0 Å². The second-order valence-electron chi connectivity index (χ2n) is 5.26. The van der Waals surface area contributed by atoms with Crippen molar-refractivity contribution in [1.82, 2.24) is 16.2 Å². The van der Waals surface area contributed by atoms with E-state index in [1.807, 2.05) is 19.1 Å². The van der Waals surface area contributed by atoms with Crippen molar-refractivity contribution in [1.29, 1.82) is 0 Å². The minimum atomic E-state index is -0.457. The molecule has 0 radical (unpaired) electrons. The molecule has 0 heterocycles. The number of thiocarbonyl (C=S) groups is 1. The lowest BCUT2D eigenvalue weighted by Crippen LogP contribution is -2.49. The number of nitrogens with one attached hydrogen (secondary N) is 3. The third-order valence-corrected chi connectivity index (χ3v) is 5.15. The topological polar surface area (TPSA) is 79.5 Å². The Morgan fingerprint density at radius 2 is 1.78 bits per heavy atom. The van der Waals surface area contributed by atoms with Crippen LogP contribution in [0.25, 0.3) is 0 Å². The standard InChI is InChI=1S/C17H14Br3N3O3S/c1-9-6-10(18)7-13(20)15(9)26-8-14(24)22-23-17(27)21-16(25)11-4-2-3-5-12(11)19/h2-7H,8H2,1H3,(H,22,24)(H2,21,23,25,27). The summed E-state index contributed by atoms with van der Waals surface area (Å²) in [5, 5.41) is 2.44. The summed E-state index contributed by atoms with van der Waals surface area (Å²) in [6, 6.07) is 10.6. The van der Waals surface area contributed by atoms with Gasteiger partial charge in [-0.05, 0) is 80.8 Å². The number of ether oxygens (including phenoxy) is 1. The first-order valence-corrected chi connectivity index (χ1v) is 10.3. The molecule has 2 rings (SSSR count). The van der Waals surface area contributed by atoms with Crippen molar-refractivity contribution in [3.05, 3.63) is 60.9 Å². The SMILES string of the molecule is Cc1cc(Br)cc(Br)c1OCC(=O)NNC(=S)NC(=O)c1ccccc1Br. The molecule has 6 nitrogen and oxygen atoms in total. The molecule has 0 saturated heterocycles. The summed E-state index contributed by atoms with van der Waals surface area (Å²) < 4.78 is 7.79. The van der Waals surface area contributed by atoms with Crippen molar-refractivity contribution in [3.8, 4) is 5.75 Å². The lowest BCUT2D eigenvalue weighted by Gasteiger charge is -2.13. The molecular weight excluding hydrogens is 566 g/mol. The van der Waals surface area contributed by atoms with Gasteiger partial charge >= 0.3 is 0 Å². The average molecular weight is 580 g/mol. The first-order chi connectivity index (χ1) is 12.8. The number of carbonyl (C=O) groups is 2. The summed E-state index contributed by atoms with van der Waals surface area (Å²) in [6.07, 6.45) is 0. The molecule has 0 aromatic heterocycles. The Kier molecular flexibility index (Phi) is 8.21. The Morgan fingerprint density at radius 3 is 2.44 bits per heavy atom. The lowest BCUT2D eigenvalue weighted by molar-refractivity contribution is -0.123. The fraction of sp³-hybridized carbons (Fsp3) is 0.118. The van der Waals surface area contributed by atoms with Crippen molar-refractivity contribution in [2.45, 2.75) is 6.92 Å². The number of halogens is 3. The summed E-state index contributed by atoms with van der Waals surface area (Å²) in [4.78, 5) is 24.0. The number of hydrogen-bond donors (Lipinski definition) is 3. The van der Waals surface area contributed by atoms with E-state index in [0.717, 1.165) is 14.5 Å². The molecule has 0 atom stereocenters. The van der Waals surface area contributed by atoms with Gasteiger partial charge < -0.3 is 4.74 Å². The first-order valence-electron chi connectivity index (χ1n) is 7.51. The van der Waals surface area contributed by atoms with Gasteiger partial charge in [0, 0.05) is 8.95 Å². The number of hydrogen-bond acceptors (Lipinski definition) is 4. The predicted octanol–water partition coefficient (Wildman–Crippen LogP) is 4.00. The highest BCUT2D eigenvalue weighted by Crippen LogP contribution is 2.32. The van der Waals surface area contributed by atoms with Crippen molar-refractivity contribution in [2.75, 3.05) is 6.61 Å². The van der Waals surface area contributed by atoms with E-state index in [-0.39, 0.29) is 11.7 Å². The Morgan fingerprint density at radius 1 is 1.07 bits per heavy atom. The number of amides is 2. The Bertz CT molecular complexity index is 870. The van der Waals surface area contributed by atoms with Gasteiger partial charge in [-0.3, -0.25) is 25.8 Å². The molecule has 0 aliphatic rings. The van der Waals surface area contributed by atoms with Crippen LogP contribution in [0.15, 0.2) is 49.8 Å². The Hall–Kier alpha value is -1.49. The molecule has 0 aliphatic heterocycles. The molecule has 2 aromatic carbocycles. The van der Waals surface area contributed by atoms with Gasteiger partial charge in [0.1, 0.15) is 5.75 Å². The van der Waals surface area contributed by atoms with Crippen LogP contribution in [0, 0.1) is 6.92 Å². The van der Waals surface area contributed by atoms with E-state index in [0.29, 0.717) is 15.8 Å². The molecule has 0 fully saturated rings. The van der Waals surface area contributed by atoms with Crippen LogP contribution in [0.4, 0.5) is 0 Å². The van der Waals surface area contributed by atoms with Crippen LogP contribution in [0.3, 0.4) is 0 Å². The van der Waals surface area contributed by atoms with Gasteiger partial charge in [0.15, 0.2) is 11.7 Å². The molecule has 0 bridgehead atoms. The van der Waals surface area contributed by atoms with Crippen LogP contribution >= 0.6 is 60.0 Å². The molecule has 10 heteroatoms. The number of hydrazine groups is 1. The van der Waals surface area contributed by atoms with E-state index in [4.69, 9.17) is 17.0 Å². The second-order valence-corrected chi connectivity index (χ2v) is 8.29. The van der Waals surface area contributed by atoms with Crippen LogP contribution in [-0.2, 0) is 4.79 Å². The molecule has 2 aromatic rings. The van der Waals surface area contributed by atoms with Crippen molar-refractivity contribution in [3.63, 3.8) is 0 Å². The summed E-state index contributed by atoms with van der Waals surface area (Å²) >= 11 is 15.1. The number of carbonyl (C=O) groups excluding carboxylic acids is 2. The van der Waals surface area contributed by atoms with Crippen LogP contribution in [0.2, 0.25) is 0 Å². The zero-order valence-electron chi connectivity index (χ0n) is 13.9. The van der Waals surface area contributed by atoms with Crippen molar-refractivity contribution < 1.29 is 14.3 Å². The van der Waals surface area contributed by atoms with Crippen LogP contribution in [0.5, 0.6) is 5.75 Å². The van der Waals surface area contributed by atoms with E-state index in [1.54, 1.807) is 24.3 Å². The maximum atomic E-state index is 12.1. The normalized spacial score (nSPS) is 10.1. The molecule has 142 valence electrons. The van der Waals surface area contributed by atoms with Crippen molar-refractivity contribution in [2.24, 2.45) is 0 Å². The van der Waals surface area contributed by atoms with E-state index < -0.39 is 11.8 Å². The maximum Gasteiger partial charge on any atom is 0.276 e. The highest BCUT2D eigenvalue weighted by molar-refractivity contribution is 9.11. The Balaban J connectivity index is 1.81. The largest absolute Gasteiger partial charge is 0.482 e. The zero-order chi connectivity index (χ0) is 20.0. The molecule has 27 heavy (non-hydrogen) atoms. The summed E-state index contributed by atoms with van der Waals surface area (Å²) in [6.45, 7) is 1.64. The van der Waals surface area contributed by atoms with E-state index in [2.05, 4.69) is 64.0 Å². The molecule has 0 spiro atoms. The van der Waals surface area contributed by atoms with Gasteiger partial charge in [-0.15, -0.1) is 0 Å². The fourth-order valence-corrected chi connectivity index (χ4v) is 4.18. The molecule has 0 aliphatic carbocycles. The van der Waals surface area contributed by atoms with Gasteiger partial charge in [-0.1, -0.05) is 28.1 Å². The van der Waals surface area contributed by atoms with Crippen LogP contribution in [-0.4, -0.2) is 23.5 Å². The first kappa shape index (κ1) is 21.8. The molecular formula is C17H14Br3N3O3S. The minimum absolute atomic E-state index is 0.0369. The highest BCUT2D eigenvalue weighted by atomic mass is 79.9. The quantitative estimate of drug-likeness (QED) is 0.377. The maximum absolute atomic E-state index is 12.1. The third-order valence-electron chi connectivity index (χ3n) is 3.20. The smallest absolute Gasteiger partial charge is 0.276 e. The fourth-order valence-electron chi connectivity index (χ4n) is 2.02. The monoisotopic (exact) mass is 577 g/mol. The van der Waals surface area contributed by atoms with Crippen LogP contribution in [0.1, 0.15) is 15.9 Å². The lowest BCUT2D eigenvalue weighted by atomic mass is 10.2. The van der Waals surface area contributed by atoms with Gasteiger partial charge in [0.2, 0.25) is 0 Å². The highest BCUT2D eigenvalue weighted by Gasteiger charge is 2.12. The Labute approximate surface area is 186 Å². The third kappa shape index (κ3) is 6.56. The average Bonchev–Trinajstić information content (AvgIpc) is 2.59. The summed E-state index contributed by atoms with van der Waals surface area (Å²) in [7, 11) is 0. The molecule has 3 N–H and O–H groups in total. The molecule has 2 amide bonds. The summed E-state index contributed by atoms with van der Waals surface area (Å²) in [5.74, 6) is -0.292. The predicted molar refractivity (Wildman–Crippen MR) is 118 cm³/mol. The second kappa shape index (κ2) is 10.2. The number of rotatable bonds is 4. The van der Waals surface area contributed by atoms with Gasteiger partial charge in [0.25, 0.3) is 11.8 Å². The van der Waals surface area contributed by atoms with E-state index in [1.165, 1.54) is 0 Å². The van der Waals surface area contributed by atoms with Gasteiger partial charge in [0.05, 0.1) is 10.0 Å². The number of aryl methyl sites for hydroxylation is 1. The number of benzene rings is 2. The van der Waals surface area contributed by atoms with E-state index in [9.17, 15) is 9.59 Å². The summed E-state index contributed by atoms with van der Waals surface area (Å²) in [5.41, 5.74) is 6.12. The minimum Gasteiger partial charge on any atom is -0.482 e. The van der Waals surface area contributed by atoms with Gasteiger partial charge in [-0.2, -0.15) is 0 Å². The van der Waals surface area contributed by atoms with Crippen LogP contribution < -0.4 is 20.9 Å². The molecule has 0 saturated carbocycles. The zero-order valence-corrected chi connectivity index (χ0v) is 19.5. The molecule has 0 unspecified atom stereocenters. The van der Waals surface area contributed by atoms with Crippen molar-refractivity contribution >= 4 is 76.9 Å².